The SMILES string of the molecule is CC1CCCC(Nc2cc(Cl)nc(C(F)(F)F)n2)C1C. The number of alkyl halides is 3. The van der Waals surface area contributed by atoms with E-state index in [4.69, 9.17) is 11.6 Å². The number of nitrogens with one attached hydrogen (secondary N) is 1. The molecule has 20 heavy (non-hydrogen) atoms. The average molecular weight is 308 g/mol. The van der Waals surface area contributed by atoms with Crippen LogP contribution in [0, 0.1) is 11.8 Å². The largest absolute Gasteiger partial charge is 0.451 e. The third kappa shape index (κ3) is 3.53. The van der Waals surface area contributed by atoms with E-state index in [-0.39, 0.29) is 17.0 Å². The lowest BCUT2D eigenvalue weighted by Gasteiger charge is -2.35. The maximum Gasteiger partial charge on any atom is 0.451 e. The molecule has 3 unspecified atom stereocenters. The van der Waals surface area contributed by atoms with Crippen molar-refractivity contribution in [3.63, 3.8) is 0 Å². The number of rotatable bonds is 2. The van der Waals surface area contributed by atoms with Crippen LogP contribution in [0.3, 0.4) is 0 Å². The van der Waals surface area contributed by atoms with Crippen LogP contribution in [0.25, 0.3) is 0 Å². The van der Waals surface area contributed by atoms with Crippen LogP contribution in [0.15, 0.2) is 6.07 Å². The van der Waals surface area contributed by atoms with Gasteiger partial charge < -0.3 is 5.32 Å². The van der Waals surface area contributed by atoms with Crippen LogP contribution in [0.4, 0.5) is 19.0 Å². The van der Waals surface area contributed by atoms with Crippen molar-refractivity contribution in [1.29, 1.82) is 0 Å². The Morgan fingerprint density at radius 1 is 1.25 bits per heavy atom. The highest BCUT2D eigenvalue weighted by Gasteiger charge is 2.36. The van der Waals surface area contributed by atoms with Gasteiger partial charge in [-0.3, -0.25) is 0 Å². The molecule has 3 atom stereocenters. The molecule has 1 aliphatic carbocycles. The van der Waals surface area contributed by atoms with E-state index in [1.54, 1.807) is 0 Å². The molecule has 7 heteroatoms. The van der Waals surface area contributed by atoms with Gasteiger partial charge in [0, 0.05) is 12.1 Å². The molecular formula is C13H17ClF3N3. The van der Waals surface area contributed by atoms with Crippen LogP contribution in [0.5, 0.6) is 0 Å². The van der Waals surface area contributed by atoms with E-state index in [2.05, 4.69) is 29.1 Å². The summed E-state index contributed by atoms with van der Waals surface area (Å²) in [6, 6.07) is 1.45. The first-order valence-corrected chi connectivity index (χ1v) is 7.03. The first kappa shape index (κ1) is 15.4. The molecule has 0 aromatic carbocycles. The molecule has 1 fully saturated rings. The number of hydrogen-bond donors (Lipinski definition) is 1. The summed E-state index contributed by atoms with van der Waals surface area (Å²) in [5.74, 6) is -0.139. The van der Waals surface area contributed by atoms with E-state index in [9.17, 15) is 13.2 Å². The molecule has 112 valence electrons. The second-order valence-corrected chi connectivity index (χ2v) is 5.80. The lowest BCUT2D eigenvalue weighted by atomic mass is 9.78. The zero-order valence-electron chi connectivity index (χ0n) is 11.3. The molecule has 1 saturated carbocycles. The molecule has 1 aromatic heterocycles. The number of halogens is 4. The quantitative estimate of drug-likeness (QED) is 0.824. The van der Waals surface area contributed by atoms with Crippen molar-refractivity contribution in [3.8, 4) is 0 Å². The van der Waals surface area contributed by atoms with Crippen LogP contribution in [0.1, 0.15) is 38.9 Å². The van der Waals surface area contributed by atoms with Crippen LogP contribution in [-0.2, 0) is 6.18 Å². The summed E-state index contributed by atoms with van der Waals surface area (Å²) in [5.41, 5.74) is 0. The average Bonchev–Trinajstić information content (AvgIpc) is 2.33. The molecule has 3 nitrogen and oxygen atoms in total. The Morgan fingerprint density at radius 3 is 2.60 bits per heavy atom. The fourth-order valence-electron chi connectivity index (χ4n) is 2.59. The Morgan fingerprint density at radius 2 is 1.95 bits per heavy atom. The van der Waals surface area contributed by atoms with E-state index in [1.165, 1.54) is 6.07 Å². The van der Waals surface area contributed by atoms with E-state index in [1.807, 2.05) is 0 Å². The first-order valence-electron chi connectivity index (χ1n) is 6.65. The van der Waals surface area contributed by atoms with E-state index < -0.39 is 12.0 Å². The molecule has 1 aromatic rings. The van der Waals surface area contributed by atoms with Gasteiger partial charge in [-0.25, -0.2) is 9.97 Å². The Kier molecular flexibility index (Phi) is 4.42. The second kappa shape index (κ2) is 5.76. The Balaban J connectivity index is 2.19. The highest BCUT2D eigenvalue weighted by molar-refractivity contribution is 6.29. The summed E-state index contributed by atoms with van der Waals surface area (Å²) in [6.07, 6.45) is -1.45. The topological polar surface area (TPSA) is 37.8 Å². The minimum atomic E-state index is -4.59. The molecule has 0 spiro atoms. The fourth-order valence-corrected chi connectivity index (χ4v) is 2.78. The summed E-state index contributed by atoms with van der Waals surface area (Å²) < 4.78 is 38.0. The molecule has 2 rings (SSSR count). The minimum Gasteiger partial charge on any atom is -0.367 e. The summed E-state index contributed by atoms with van der Waals surface area (Å²) in [4.78, 5) is 6.75. The van der Waals surface area contributed by atoms with Crippen molar-refractivity contribution < 1.29 is 13.2 Å². The van der Waals surface area contributed by atoms with Crippen molar-refractivity contribution in [2.75, 3.05) is 5.32 Å². The van der Waals surface area contributed by atoms with E-state index >= 15 is 0 Å². The van der Waals surface area contributed by atoms with Crippen LogP contribution < -0.4 is 5.32 Å². The lowest BCUT2D eigenvalue weighted by Crippen LogP contribution is -2.35. The predicted octanol–water partition coefficient (Wildman–Crippen LogP) is 4.39. The van der Waals surface area contributed by atoms with Crippen molar-refractivity contribution in [2.45, 2.75) is 45.3 Å². The van der Waals surface area contributed by atoms with Crippen molar-refractivity contribution in [3.05, 3.63) is 17.0 Å². The number of hydrogen-bond acceptors (Lipinski definition) is 3. The molecule has 0 amide bonds. The Labute approximate surface area is 120 Å². The molecule has 1 heterocycles. The molecule has 1 N–H and O–H groups in total. The number of anilines is 1. The van der Waals surface area contributed by atoms with Crippen LogP contribution in [-0.4, -0.2) is 16.0 Å². The molecule has 0 saturated heterocycles. The normalized spacial score (nSPS) is 27.4. The van der Waals surface area contributed by atoms with Gasteiger partial charge >= 0.3 is 6.18 Å². The Bertz CT molecular complexity index is 478. The molecule has 0 aliphatic heterocycles. The summed E-state index contributed by atoms with van der Waals surface area (Å²) >= 11 is 5.65. The molecule has 0 radical (unpaired) electrons. The van der Waals surface area contributed by atoms with Gasteiger partial charge in [-0.2, -0.15) is 13.2 Å². The lowest BCUT2D eigenvalue weighted by molar-refractivity contribution is -0.144. The standard InChI is InChI=1S/C13H17ClF3N3/c1-7-4-3-5-9(8(7)2)18-11-6-10(14)19-12(20-11)13(15,16)17/h6-9H,3-5H2,1-2H3,(H,18,19,20). The van der Waals surface area contributed by atoms with Crippen molar-refractivity contribution >= 4 is 17.4 Å². The maximum absolute atomic E-state index is 12.7. The van der Waals surface area contributed by atoms with Gasteiger partial charge in [-0.15, -0.1) is 0 Å². The number of aromatic nitrogens is 2. The highest BCUT2D eigenvalue weighted by atomic mass is 35.5. The third-order valence-electron chi connectivity index (χ3n) is 3.99. The first-order chi connectivity index (χ1) is 9.27. The van der Waals surface area contributed by atoms with E-state index in [0.29, 0.717) is 11.8 Å². The predicted molar refractivity (Wildman–Crippen MR) is 71.6 cm³/mol. The second-order valence-electron chi connectivity index (χ2n) is 5.42. The molecule has 0 bridgehead atoms. The van der Waals surface area contributed by atoms with Gasteiger partial charge in [-0.05, 0) is 18.3 Å². The summed E-state index contributed by atoms with van der Waals surface area (Å²) in [5, 5.41) is 2.88. The van der Waals surface area contributed by atoms with Gasteiger partial charge in [0.25, 0.3) is 0 Å². The zero-order chi connectivity index (χ0) is 14.9. The third-order valence-corrected chi connectivity index (χ3v) is 4.18. The van der Waals surface area contributed by atoms with Gasteiger partial charge in [-0.1, -0.05) is 38.3 Å². The zero-order valence-corrected chi connectivity index (χ0v) is 12.1. The molecular weight excluding hydrogens is 291 g/mol. The summed E-state index contributed by atoms with van der Waals surface area (Å²) in [6.45, 7) is 4.27. The smallest absolute Gasteiger partial charge is 0.367 e. The number of nitrogens with zero attached hydrogens (tertiary/aromatic N) is 2. The summed E-state index contributed by atoms with van der Waals surface area (Å²) in [7, 11) is 0. The maximum atomic E-state index is 12.7. The van der Waals surface area contributed by atoms with Gasteiger partial charge in [0.05, 0.1) is 0 Å². The van der Waals surface area contributed by atoms with Crippen molar-refractivity contribution in [2.24, 2.45) is 11.8 Å². The van der Waals surface area contributed by atoms with Gasteiger partial charge in [0.15, 0.2) is 0 Å². The van der Waals surface area contributed by atoms with Crippen LogP contribution >= 0.6 is 11.6 Å². The van der Waals surface area contributed by atoms with Crippen LogP contribution in [0.2, 0.25) is 5.15 Å². The van der Waals surface area contributed by atoms with E-state index in [0.717, 1.165) is 19.3 Å². The van der Waals surface area contributed by atoms with Gasteiger partial charge in [0.2, 0.25) is 5.82 Å². The monoisotopic (exact) mass is 307 g/mol. The van der Waals surface area contributed by atoms with Crippen molar-refractivity contribution in [1.82, 2.24) is 9.97 Å². The fraction of sp³-hybridized carbons (Fsp3) is 0.692. The molecule has 1 aliphatic rings. The highest BCUT2D eigenvalue weighted by Crippen LogP contribution is 2.33. The Hall–Kier alpha value is -1.04. The minimum absolute atomic E-state index is 0.116. The van der Waals surface area contributed by atoms with Gasteiger partial charge in [0.1, 0.15) is 11.0 Å².